The molecule has 0 fully saturated rings. The molecule has 0 rings (SSSR count). The van der Waals surface area contributed by atoms with Crippen LogP contribution in [0.3, 0.4) is 0 Å². The summed E-state index contributed by atoms with van der Waals surface area (Å²) in [5, 5.41) is 0. The Morgan fingerprint density at radius 1 is 0.292 bits per heavy atom. The number of hydrogen-bond donors (Lipinski definition) is 0. The van der Waals surface area contributed by atoms with Crippen molar-refractivity contribution in [3.63, 3.8) is 0 Å². The average molecular weight is 918 g/mol. The first-order valence-electron chi connectivity index (χ1n) is 29.2. The van der Waals surface area contributed by atoms with E-state index in [-0.39, 0.29) is 31.1 Å². The van der Waals surface area contributed by atoms with Crippen LogP contribution in [0, 0.1) is 0 Å². The van der Waals surface area contributed by atoms with Gasteiger partial charge in [-0.25, -0.2) is 0 Å². The third kappa shape index (κ3) is 53.0. The van der Waals surface area contributed by atoms with Gasteiger partial charge in [0.2, 0.25) is 0 Å². The maximum atomic E-state index is 12.8. The van der Waals surface area contributed by atoms with Crippen molar-refractivity contribution in [1.82, 2.24) is 0 Å². The summed E-state index contributed by atoms with van der Waals surface area (Å²) in [7, 11) is 0. The maximum Gasteiger partial charge on any atom is 0.306 e. The van der Waals surface area contributed by atoms with Crippen LogP contribution in [0.5, 0.6) is 0 Å². The molecule has 0 aromatic rings. The van der Waals surface area contributed by atoms with Crippen LogP contribution in [0.15, 0.2) is 12.2 Å². The topological polar surface area (TPSA) is 78.9 Å². The summed E-state index contributed by atoms with van der Waals surface area (Å²) in [6, 6.07) is 0. The van der Waals surface area contributed by atoms with Gasteiger partial charge in [-0.1, -0.05) is 277 Å². The van der Waals surface area contributed by atoms with Gasteiger partial charge in [0.25, 0.3) is 0 Å². The molecule has 0 saturated carbocycles. The van der Waals surface area contributed by atoms with Gasteiger partial charge in [-0.2, -0.15) is 0 Å². The van der Waals surface area contributed by atoms with Gasteiger partial charge in [-0.3, -0.25) is 14.4 Å². The molecule has 0 saturated heterocycles. The molecule has 0 aromatic heterocycles. The molecule has 0 spiro atoms. The molecule has 65 heavy (non-hydrogen) atoms. The molecular formula is C59H112O6. The molecule has 0 bridgehead atoms. The van der Waals surface area contributed by atoms with Crippen molar-refractivity contribution >= 4 is 17.9 Å². The quantitative estimate of drug-likeness (QED) is 0.0262. The van der Waals surface area contributed by atoms with Gasteiger partial charge in [-0.05, 0) is 44.9 Å². The number of carbonyl (C=O) groups is 3. The Hall–Kier alpha value is -1.85. The van der Waals surface area contributed by atoms with Crippen molar-refractivity contribution in [2.45, 2.75) is 335 Å². The summed E-state index contributed by atoms with van der Waals surface area (Å²) < 4.78 is 16.9. The third-order valence-electron chi connectivity index (χ3n) is 13.3. The summed E-state index contributed by atoms with van der Waals surface area (Å²) in [4.78, 5) is 38.1. The highest BCUT2D eigenvalue weighted by atomic mass is 16.6. The number of allylic oxidation sites excluding steroid dienone is 2. The third-order valence-corrected chi connectivity index (χ3v) is 13.3. The van der Waals surface area contributed by atoms with Crippen LogP contribution in [0.4, 0.5) is 0 Å². The molecular weight excluding hydrogens is 805 g/mol. The van der Waals surface area contributed by atoms with Crippen LogP contribution < -0.4 is 0 Å². The van der Waals surface area contributed by atoms with Crippen LogP contribution in [-0.4, -0.2) is 37.2 Å². The van der Waals surface area contributed by atoms with Crippen molar-refractivity contribution in [3.8, 4) is 0 Å². The van der Waals surface area contributed by atoms with E-state index in [0.29, 0.717) is 19.3 Å². The molecule has 0 amide bonds. The lowest BCUT2D eigenvalue weighted by Crippen LogP contribution is -2.30. The second-order valence-electron chi connectivity index (χ2n) is 19.9. The van der Waals surface area contributed by atoms with E-state index >= 15 is 0 Å². The van der Waals surface area contributed by atoms with Crippen molar-refractivity contribution < 1.29 is 28.6 Å². The van der Waals surface area contributed by atoms with Crippen molar-refractivity contribution in [3.05, 3.63) is 12.2 Å². The largest absolute Gasteiger partial charge is 0.462 e. The number of rotatable bonds is 54. The van der Waals surface area contributed by atoms with Crippen LogP contribution in [0.2, 0.25) is 0 Å². The summed E-state index contributed by atoms with van der Waals surface area (Å²) >= 11 is 0. The van der Waals surface area contributed by atoms with Crippen LogP contribution in [-0.2, 0) is 28.6 Å². The Morgan fingerprint density at radius 3 is 0.769 bits per heavy atom. The molecule has 0 radical (unpaired) electrons. The van der Waals surface area contributed by atoms with E-state index in [0.717, 1.165) is 64.2 Å². The van der Waals surface area contributed by atoms with Gasteiger partial charge in [0.05, 0.1) is 0 Å². The SMILES string of the molecule is CCCCCCCC/C=C\CCCCCCCC(=O)OC(COC(=O)CCCCCCCCCCCCCCCC)COC(=O)CCCCCCCCCCCCCCCCCCCC. The molecule has 1 atom stereocenters. The zero-order valence-corrected chi connectivity index (χ0v) is 44.0. The number of ether oxygens (including phenoxy) is 3. The van der Waals surface area contributed by atoms with E-state index in [4.69, 9.17) is 14.2 Å². The normalized spacial score (nSPS) is 12.0. The predicted octanol–water partition coefficient (Wildman–Crippen LogP) is 19.3. The molecule has 6 nitrogen and oxygen atoms in total. The van der Waals surface area contributed by atoms with E-state index in [2.05, 4.69) is 32.9 Å². The first kappa shape index (κ1) is 63.1. The Kier molecular flexibility index (Phi) is 53.2. The highest BCUT2D eigenvalue weighted by Gasteiger charge is 2.19. The van der Waals surface area contributed by atoms with Gasteiger partial charge >= 0.3 is 17.9 Å². The lowest BCUT2D eigenvalue weighted by Gasteiger charge is -2.18. The number of esters is 3. The van der Waals surface area contributed by atoms with Gasteiger partial charge in [0.15, 0.2) is 6.10 Å². The van der Waals surface area contributed by atoms with Crippen molar-refractivity contribution in [2.75, 3.05) is 13.2 Å². The smallest absolute Gasteiger partial charge is 0.306 e. The summed E-state index contributed by atoms with van der Waals surface area (Å²) in [6.45, 7) is 6.69. The second-order valence-corrected chi connectivity index (χ2v) is 19.9. The fourth-order valence-electron chi connectivity index (χ4n) is 8.85. The van der Waals surface area contributed by atoms with E-state index in [9.17, 15) is 14.4 Å². The lowest BCUT2D eigenvalue weighted by atomic mass is 10.0. The molecule has 384 valence electrons. The van der Waals surface area contributed by atoms with Gasteiger partial charge < -0.3 is 14.2 Å². The summed E-state index contributed by atoms with van der Waals surface area (Å²) in [6.07, 6.45) is 62.0. The standard InChI is InChI=1S/C59H112O6/c1-4-7-10-13-16-19-22-25-28-29-30-32-34-37-40-43-46-49-52-58(61)64-55-56(54-63-57(60)51-48-45-42-39-36-33-27-24-21-18-15-12-9-6-3)65-59(62)53-50-47-44-41-38-35-31-26-23-20-17-14-11-8-5-2/h26,31,56H,4-25,27-30,32-55H2,1-3H3/b31-26-. The average Bonchev–Trinajstić information content (AvgIpc) is 3.30. The Labute approximate surface area is 405 Å². The molecule has 0 aromatic carbocycles. The maximum absolute atomic E-state index is 12.8. The van der Waals surface area contributed by atoms with Gasteiger partial charge in [0, 0.05) is 19.3 Å². The van der Waals surface area contributed by atoms with Crippen molar-refractivity contribution in [2.24, 2.45) is 0 Å². The minimum Gasteiger partial charge on any atom is -0.462 e. The Morgan fingerprint density at radius 2 is 0.508 bits per heavy atom. The van der Waals surface area contributed by atoms with Crippen LogP contribution >= 0.6 is 0 Å². The van der Waals surface area contributed by atoms with Crippen LogP contribution in [0.25, 0.3) is 0 Å². The fraction of sp³-hybridized carbons (Fsp3) is 0.915. The number of carbonyl (C=O) groups excluding carboxylic acids is 3. The number of unbranched alkanes of at least 4 members (excludes halogenated alkanes) is 41. The molecule has 0 N–H and O–H groups in total. The summed E-state index contributed by atoms with van der Waals surface area (Å²) in [5.41, 5.74) is 0. The monoisotopic (exact) mass is 917 g/mol. The second kappa shape index (κ2) is 54.8. The molecule has 0 heterocycles. The highest BCUT2D eigenvalue weighted by molar-refractivity contribution is 5.71. The van der Waals surface area contributed by atoms with E-state index in [1.807, 2.05) is 0 Å². The predicted molar refractivity (Wildman–Crippen MR) is 280 cm³/mol. The lowest BCUT2D eigenvalue weighted by molar-refractivity contribution is -0.167. The first-order valence-corrected chi connectivity index (χ1v) is 29.2. The van der Waals surface area contributed by atoms with E-state index in [1.54, 1.807) is 0 Å². The van der Waals surface area contributed by atoms with E-state index < -0.39 is 6.10 Å². The zero-order valence-electron chi connectivity index (χ0n) is 44.0. The van der Waals surface area contributed by atoms with Crippen LogP contribution in [0.1, 0.15) is 329 Å². The molecule has 0 aliphatic rings. The summed E-state index contributed by atoms with van der Waals surface area (Å²) in [5.74, 6) is -0.851. The molecule has 6 heteroatoms. The van der Waals surface area contributed by atoms with Gasteiger partial charge in [0.1, 0.15) is 13.2 Å². The van der Waals surface area contributed by atoms with E-state index in [1.165, 1.54) is 225 Å². The highest BCUT2D eigenvalue weighted by Crippen LogP contribution is 2.17. The minimum atomic E-state index is -0.768. The Balaban J connectivity index is 4.31. The number of hydrogen-bond acceptors (Lipinski definition) is 6. The first-order chi connectivity index (χ1) is 32.0. The van der Waals surface area contributed by atoms with Gasteiger partial charge in [-0.15, -0.1) is 0 Å². The Bertz CT molecular complexity index is 1010. The molecule has 0 aliphatic heterocycles. The zero-order chi connectivity index (χ0) is 47.2. The molecule has 1 unspecified atom stereocenters. The molecule has 0 aliphatic carbocycles. The minimum absolute atomic E-state index is 0.0673. The van der Waals surface area contributed by atoms with Crippen molar-refractivity contribution in [1.29, 1.82) is 0 Å². The fourth-order valence-corrected chi connectivity index (χ4v) is 8.85.